The molecule has 18 heavy (non-hydrogen) atoms. The Kier molecular flexibility index (Phi) is 2.64. The molecule has 0 unspecified atom stereocenters. The van der Waals surface area contributed by atoms with Crippen LogP contribution in [0.2, 0.25) is 0 Å². The molecule has 0 radical (unpaired) electrons. The first-order valence-corrected chi connectivity index (χ1v) is 6.16. The lowest BCUT2D eigenvalue weighted by Gasteiger charge is -2.05. The topological polar surface area (TPSA) is 77.8 Å². The van der Waals surface area contributed by atoms with Gasteiger partial charge in [-0.15, -0.1) is 10.2 Å². The van der Waals surface area contributed by atoms with Gasteiger partial charge in [-0.2, -0.15) is 0 Å². The van der Waals surface area contributed by atoms with Crippen molar-refractivity contribution in [1.29, 1.82) is 0 Å². The molecule has 3 aromatic rings. The zero-order valence-corrected chi connectivity index (χ0v) is 10.4. The number of aromatic nitrogens is 3. The van der Waals surface area contributed by atoms with Crippen molar-refractivity contribution < 1.29 is 4.42 Å². The molecule has 0 aliphatic carbocycles. The molecular formula is C12H10N4OS. The minimum Gasteiger partial charge on any atom is -0.416 e. The largest absolute Gasteiger partial charge is 0.416 e. The molecule has 0 saturated heterocycles. The van der Waals surface area contributed by atoms with Crippen LogP contribution in [0.5, 0.6) is 0 Å². The highest BCUT2D eigenvalue weighted by Crippen LogP contribution is 2.34. The Morgan fingerprint density at radius 1 is 1.17 bits per heavy atom. The fraction of sp³-hybridized carbons (Fsp3) is 0.0833. The van der Waals surface area contributed by atoms with Crippen molar-refractivity contribution in [3.63, 3.8) is 0 Å². The predicted molar refractivity (Wildman–Crippen MR) is 69.3 cm³/mol. The van der Waals surface area contributed by atoms with E-state index in [0.29, 0.717) is 16.8 Å². The molecule has 0 amide bonds. The Morgan fingerprint density at radius 2 is 2.06 bits per heavy atom. The van der Waals surface area contributed by atoms with E-state index in [4.69, 9.17) is 10.2 Å². The van der Waals surface area contributed by atoms with Gasteiger partial charge < -0.3 is 10.2 Å². The smallest absolute Gasteiger partial charge is 0.281 e. The lowest BCUT2D eigenvalue weighted by molar-refractivity contribution is 0.429. The van der Waals surface area contributed by atoms with E-state index >= 15 is 0 Å². The zero-order chi connectivity index (χ0) is 12.5. The summed E-state index contributed by atoms with van der Waals surface area (Å²) in [5.74, 6) is 0.555. The molecular weight excluding hydrogens is 248 g/mol. The lowest BCUT2D eigenvalue weighted by atomic mass is 10.1. The summed E-state index contributed by atoms with van der Waals surface area (Å²) in [6.07, 6.45) is 3.50. The van der Waals surface area contributed by atoms with E-state index in [1.165, 1.54) is 11.8 Å². The number of benzene rings is 1. The number of rotatable bonds is 2. The Bertz CT molecular complexity index is 710. The number of nitrogens with zero attached hydrogens (tertiary/aromatic N) is 3. The number of fused-ring (bicyclic) bond motifs is 1. The van der Waals surface area contributed by atoms with Crippen molar-refractivity contribution >= 4 is 28.2 Å². The second-order valence-electron chi connectivity index (χ2n) is 3.76. The molecule has 2 aromatic heterocycles. The van der Waals surface area contributed by atoms with Crippen LogP contribution in [0.15, 0.2) is 45.1 Å². The molecule has 0 spiro atoms. The first kappa shape index (κ1) is 11.0. The monoisotopic (exact) mass is 258 g/mol. The van der Waals surface area contributed by atoms with Gasteiger partial charge in [0, 0.05) is 40.7 Å². The normalized spacial score (nSPS) is 10.9. The maximum absolute atomic E-state index is 5.92. The summed E-state index contributed by atoms with van der Waals surface area (Å²) in [7, 11) is 0. The Morgan fingerprint density at radius 3 is 2.83 bits per heavy atom. The second kappa shape index (κ2) is 4.30. The summed E-state index contributed by atoms with van der Waals surface area (Å²) in [5, 5.41) is 10.3. The van der Waals surface area contributed by atoms with Crippen LogP contribution in [-0.2, 0) is 0 Å². The molecule has 1 aromatic carbocycles. The molecule has 2 N–H and O–H groups in total. The summed E-state index contributed by atoms with van der Waals surface area (Å²) in [4.78, 5) is 5.10. The fourth-order valence-electron chi connectivity index (χ4n) is 1.69. The maximum atomic E-state index is 5.92. The van der Waals surface area contributed by atoms with E-state index < -0.39 is 0 Å². The lowest BCUT2D eigenvalue weighted by Crippen LogP contribution is -1.89. The van der Waals surface area contributed by atoms with E-state index in [1.54, 1.807) is 19.3 Å². The average molecular weight is 258 g/mol. The van der Waals surface area contributed by atoms with Crippen LogP contribution >= 0.6 is 11.8 Å². The van der Waals surface area contributed by atoms with E-state index in [9.17, 15) is 0 Å². The van der Waals surface area contributed by atoms with E-state index in [2.05, 4.69) is 15.2 Å². The van der Waals surface area contributed by atoms with Gasteiger partial charge in [0.15, 0.2) is 0 Å². The Labute approximate surface area is 107 Å². The summed E-state index contributed by atoms with van der Waals surface area (Å²) in [6.45, 7) is 1.77. The van der Waals surface area contributed by atoms with Gasteiger partial charge in [0.1, 0.15) is 0 Å². The van der Waals surface area contributed by atoms with Gasteiger partial charge in [0.05, 0.1) is 0 Å². The second-order valence-corrected chi connectivity index (χ2v) is 4.76. The minimum absolute atomic E-state index is 0.524. The summed E-state index contributed by atoms with van der Waals surface area (Å²) >= 11 is 1.42. The molecule has 6 heteroatoms. The highest BCUT2D eigenvalue weighted by molar-refractivity contribution is 7.99. The zero-order valence-electron chi connectivity index (χ0n) is 9.62. The minimum atomic E-state index is 0.524. The number of nitrogens with two attached hydrogens (primary N) is 1. The van der Waals surface area contributed by atoms with Crippen LogP contribution in [0.4, 0.5) is 5.69 Å². The fourth-order valence-corrected chi connectivity index (χ4v) is 2.54. The van der Waals surface area contributed by atoms with Crippen LogP contribution in [0.25, 0.3) is 10.8 Å². The molecule has 90 valence electrons. The van der Waals surface area contributed by atoms with Gasteiger partial charge >= 0.3 is 0 Å². The molecule has 0 saturated carbocycles. The number of aryl methyl sites for hydroxylation is 1. The highest BCUT2D eigenvalue weighted by Gasteiger charge is 2.09. The van der Waals surface area contributed by atoms with Gasteiger partial charge in [-0.1, -0.05) is 0 Å². The molecule has 2 heterocycles. The van der Waals surface area contributed by atoms with Crippen LogP contribution < -0.4 is 5.73 Å². The van der Waals surface area contributed by atoms with Crippen molar-refractivity contribution in [1.82, 2.24) is 15.2 Å². The van der Waals surface area contributed by atoms with Crippen molar-refractivity contribution in [3.05, 3.63) is 36.5 Å². The molecule has 0 aliphatic rings. The summed E-state index contributed by atoms with van der Waals surface area (Å²) < 4.78 is 5.36. The predicted octanol–water partition coefficient (Wildman–Crippen LogP) is 2.66. The van der Waals surface area contributed by atoms with Crippen molar-refractivity contribution in [2.45, 2.75) is 17.0 Å². The number of pyridine rings is 1. The molecule has 0 aliphatic heterocycles. The first-order valence-electron chi connectivity index (χ1n) is 5.34. The van der Waals surface area contributed by atoms with E-state index in [0.717, 1.165) is 15.7 Å². The number of hydrogen-bond donors (Lipinski definition) is 1. The molecule has 5 nitrogen and oxygen atoms in total. The quantitative estimate of drug-likeness (QED) is 0.712. The van der Waals surface area contributed by atoms with Crippen molar-refractivity contribution in [2.24, 2.45) is 0 Å². The molecule has 3 rings (SSSR count). The van der Waals surface area contributed by atoms with Gasteiger partial charge in [-0.05, 0) is 30.0 Å². The van der Waals surface area contributed by atoms with Gasteiger partial charge in [-0.3, -0.25) is 4.98 Å². The van der Waals surface area contributed by atoms with Gasteiger partial charge in [-0.25, -0.2) is 0 Å². The Balaban J connectivity index is 2.09. The van der Waals surface area contributed by atoms with Crippen LogP contribution in [0.1, 0.15) is 5.89 Å². The number of anilines is 1. The van der Waals surface area contributed by atoms with Gasteiger partial charge in [0.2, 0.25) is 5.89 Å². The maximum Gasteiger partial charge on any atom is 0.281 e. The highest BCUT2D eigenvalue weighted by atomic mass is 32.2. The third kappa shape index (κ3) is 1.91. The molecule has 0 fully saturated rings. The Hall–Kier alpha value is -2.08. The SMILES string of the molecule is Cc1nnc(Sc2ccc(N)c3cnccc23)o1. The summed E-state index contributed by atoms with van der Waals surface area (Å²) in [5.41, 5.74) is 6.63. The standard InChI is InChI=1S/C12H10N4OS/c1-7-15-16-12(17-7)18-11-3-2-10(13)9-6-14-5-4-8(9)11/h2-6H,13H2,1H3. The number of hydrogen-bond acceptors (Lipinski definition) is 6. The third-order valence-electron chi connectivity index (χ3n) is 2.52. The number of nitrogen functional groups attached to an aromatic ring is 1. The average Bonchev–Trinajstić information content (AvgIpc) is 2.79. The van der Waals surface area contributed by atoms with E-state index in [-0.39, 0.29) is 0 Å². The van der Waals surface area contributed by atoms with Crippen molar-refractivity contribution in [3.8, 4) is 0 Å². The van der Waals surface area contributed by atoms with Crippen molar-refractivity contribution in [2.75, 3.05) is 5.73 Å². The summed E-state index contributed by atoms with van der Waals surface area (Å²) in [6, 6.07) is 5.73. The van der Waals surface area contributed by atoms with E-state index in [1.807, 2.05) is 18.2 Å². The third-order valence-corrected chi connectivity index (χ3v) is 3.43. The van der Waals surface area contributed by atoms with Gasteiger partial charge in [0.25, 0.3) is 5.22 Å². The van der Waals surface area contributed by atoms with Crippen LogP contribution in [0, 0.1) is 6.92 Å². The first-order chi connectivity index (χ1) is 8.74. The molecule has 0 bridgehead atoms. The molecule has 0 atom stereocenters. The van der Waals surface area contributed by atoms with Crippen LogP contribution in [0.3, 0.4) is 0 Å². The van der Waals surface area contributed by atoms with Crippen LogP contribution in [-0.4, -0.2) is 15.2 Å².